The molecule has 37 heavy (non-hydrogen) atoms. The molecule has 10 heteroatoms. The number of hydrogen-bond acceptors (Lipinski definition) is 6. The maximum atomic E-state index is 13.8. The second-order valence-electron chi connectivity index (χ2n) is 9.80. The van der Waals surface area contributed by atoms with Crippen molar-refractivity contribution in [2.24, 2.45) is 5.92 Å². The number of hydrogen-bond donors (Lipinski definition) is 2. The molecule has 0 aliphatic heterocycles. The van der Waals surface area contributed by atoms with Crippen molar-refractivity contribution in [2.45, 2.75) is 52.0 Å². The van der Waals surface area contributed by atoms with Crippen LogP contribution in [0.5, 0.6) is 0 Å². The van der Waals surface area contributed by atoms with Gasteiger partial charge in [-0.25, -0.2) is 15.4 Å². The van der Waals surface area contributed by atoms with Crippen LogP contribution in [0.1, 0.15) is 66.9 Å². The van der Waals surface area contributed by atoms with Crippen molar-refractivity contribution in [1.82, 2.24) is 15.3 Å². The average molecular weight is 526 g/mol. The highest BCUT2D eigenvalue weighted by molar-refractivity contribution is 6.30. The Morgan fingerprint density at radius 1 is 1.08 bits per heavy atom. The molecule has 1 fully saturated rings. The van der Waals surface area contributed by atoms with Crippen LogP contribution in [0.25, 0.3) is 11.0 Å². The van der Waals surface area contributed by atoms with Crippen molar-refractivity contribution in [3.8, 4) is 0 Å². The predicted octanol–water partition coefficient (Wildman–Crippen LogP) is 5.26. The Morgan fingerprint density at radius 2 is 1.81 bits per heavy atom. The van der Waals surface area contributed by atoms with Gasteiger partial charge in [-0.15, -0.1) is 0 Å². The van der Waals surface area contributed by atoms with Gasteiger partial charge in [0.15, 0.2) is 11.3 Å². The molecule has 0 atom stereocenters. The summed E-state index contributed by atoms with van der Waals surface area (Å²) in [6, 6.07) is 8.08. The molecule has 1 aliphatic carbocycles. The van der Waals surface area contributed by atoms with Gasteiger partial charge < -0.3 is 14.6 Å². The van der Waals surface area contributed by atoms with Crippen molar-refractivity contribution in [3.63, 3.8) is 0 Å². The van der Waals surface area contributed by atoms with E-state index in [0.717, 1.165) is 32.1 Å². The summed E-state index contributed by atoms with van der Waals surface area (Å²) in [5, 5.41) is 5.19. The Bertz CT molecular complexity index is 1300. The van der Waals surface area contributed by atoms with Gasteiger partial charge in [0.05, 0.1) is 10.6 Å². The minimum absolute atomic E-state index is 0.0251. The maximum Gasteiger partial charge on any atom is 0.292 e. The smallest absolute Gasteiger partial charge is 0.292 e. The number of amides is 3. The van der Waals surface area contributed by atoms with Crippen LogP contribution in [0, 0.1) is 5.92 Å². The summed E-state index contributed by atoms with van der Waals surface area (Å²) in [6.07, 6.45) is 6.11. The summed E-state index contributed by atoms with van der Waals surface area (Å²) < 4.78 is 6.06. The third-order valence-electron chi connectivity index (χ3n) is 6.28. The molecule has 2 N–H and O–H groups in total. The molecule has 196 valence electrons. The molecule has 0 spiro atoms. The second-order valence-corrected chi connectivity index (χ2v) is 10.2. The average Bonchev–Trinajstić information content (AvgIpc) is 3.32. The van der Waals surface area contributed by atoms with Gasteiger partial charge in [0, 0.05) is 37.6 Å². The van der Waals surface area contributed by atoms with Crippen molar-refractivity contribution in [1.29, 1.82) is 0 Å². The van der Waals surface area contributed by atoms with Crippen LogP contribution in [0.4, 0.5) is 11.5 Å². The molecule has 0 unspecified atom stereocenters. The highest BCUT2D eigenvalue weighted by Crippen LogP contribution is 2.36. The van der Waals surface area contributed by atoms with Crippen molar-refractivity contribution >= 4 is 51.8 Å². The molecule has 0 radical (unpaired) electrons. The molecule has 1 saturated carbocycles. The number of carbonyl (C=O) groups excluding carboxylic acids is 3. The fourth-order valence-electron chi connectivity index (χ4n) is 4.49. The molecule has 2 heterocycles. The minimum atomic E-state index is -0.514. The lowest BCUT2D eigenvalue weighted by molar-refractivity contribution is -0.124. The van der Waals surface area contributed by atoms with Gasteiger partial charge in [-0.05, 0) is 51.0 Å². The molecular weight excluding hydrogens is 494 g/mol. The molecule has 3 aromatic rings. The Morgan fingerprint density at radius 3 is 2.43 bits per heavy atom. The number of benzene rings is 1. The summed E-state index contributed by atoms with van der Waals surface area (Å²) in [7, 11) is 3.30. The zero-order valence-corrected chi connectivity index (χ0v) is 22.3. The van der Waals surface area contributed by atoms with Crippen LogP contribution in [-0.4, -0.2) is 47.7 Å². The van der Waals surface area contributed by atoms with Crippen molar-refractivity contribution < 1.29 is 18.8 Å². The summed E-state index contributed by atoms with van der Waals surface area (Å²) in [6.45, 7) is 3.85. The molecule has 1 aliphatic rings. The number of carbonyl (C=O) groups is 3. The van der Waals surface area contributed by atoms with E-state index >= 15 is 0 Å². The SMILES string of the molecule is CC(C)NN(C(=O)C1CCCCC1)c1c(C(=O)N(C)C)ccc2cc(C(=O)Nc3ccc(Cl)cn3)oc12. The highest BCUT2D eigenvalue weighted by atomic mass is 35.5. The first kappa shape index (κ1) is 26.6. The monoisotopic (exact) mass is 525 g/mol. The van der Waals surface area contributed by atoms with E-state index in [0.29, 0.717) is 27.5 Å². The fourth-order valence-corrected chi connectivity index (χ4v) is 4.60. The van der Waals surface area contributed by atoms with Gasteiger partial charge in [0.25, 0.3) is 11.8 Å². The molecule has 4 rings (SSSR count). The summed E-state index contributed by atoms with van der Waals surface area (Å²) in [5.41, 5.74) is 4.12. The van der Waals surface area contributed by atoms with Crippen LogP contribution in [0.3, 0.4) is 0 Å². The number of nitrogens with one attached hydrogen (secondary N) is 2. The van der Waals surface area contributed by atoms with E-state index in [4.69, 9.17) is 16.0 Å². The van der Waals surface area contributed by atoms with Gasteiger partial charge in [0.2, 0.25) is 5.91 Å². The van der Waals surface area contributed by atoms with Gasteiger partial charge in [-0.3, -0.25) is 14.4 Å². The first-order valence-corrected chi connectivity index (χ1v) is 12.8. The van der Waals surface area contributed by atoms with Crippen LogP contribution in [0.15, 0.2) is 40.9 Å². The number of furan rings is 1. The zero-order valence-electron chi connectivity index (χ0n) is 21.5. The van der Waals surface area contributed by atoms with Crippen molar-refractivity contribution in [2.75, 3.05) is 24.4 Å². The Balaban J connectivity index is 1.81. The van der Waals surface area contributed by atoms with E-state index in [1.54, 1.807) is 44.4 Å². The molecule has 1 aromatic carbocycles. The van der Waals surface area contributed by atoms with Crippen LogP contribution < -0.4 is 15.8 Å². The lowest BCUT2D eigenvalue weighted by Crippen LogP contribution is -2.50. The van der Waals surface area contributed by atoms with Gasteiger partial charge in [0.1, 0.15) is 11.5 Å². The molecule has 0 saturated heterocycles. The number of pyridine rings is 1. The van der Waals surface area contributed by atoms with Crippen LogP contribution >= 0.6 is 11.6 Å². The summed E-state index contributed by atoms with van der Waals surface area (Å²) in [5.74, 6) is -0.727. The number of hydrazine groups is 1. The third kappa shape index (κ3) is 5.94. The number of anilines is 2. The number of aromatic nitrogens is 1. The van der Waals surface area contributed by atoms with E-state index in [1.165, 1.54) is 16.1 Å². The third-order valence-corrected chi connectivity index (χ3v) is 6.50. The van der Waals surface area contributed by atoms with E-state index in [2.05, 4.69) is 15.7 Å². The van der Waals surface area contributed by atoms with E-state index < -0.39 is 5.91 Å². The second kappa shape index (κ2) is 11.3. The van der Waals surface area contributed by atoms with Crippen molar-refractivity contribution in [3.05, 3.63) is 52.9 Å². The minimum Gasteiger partial charge on any atom is -0.449 e. The molecule has 9 nitrogen and oxygen atoms in total. The largest absolute Gasteiger partial charge is 0.449 e. The Kier molecular flexibility index (Phi) is 8.14. The lowest BCUT2D eigenvalue weighted by Gasteiger charge is -2.32. The topological polar surface area (TPSA) is 108 Å². The first-order chi connectivity index (χ1) is 17.7. The normalized spacial score (nSPS) is 14.1. The quantitative estimate of drug-likeness (QED) is 0.407. The number of rotatable bonds is 7. The summed E-state index contributed by atoms with van der Waals surface area (Å²) in [4.78, 5) is 45.6. The Labute approximate surface area is 221 Å². The van der Waals surface area contributed by atoms with Crippen LogP contribution in [0.2, 0.25) is 5.02 Å². The standard InChI is InChI=1S/C27H32ClN5O4/c1-16(2)31-33(26(35)17-8-6-5-7-9-17)23-20(27(36)32(3)4)12-10-18-14-21(37-24(18)23)25(34)30-22-13-11-19(28)15-29-22/h10-17,31H,5-9H2,1-4H3,(H,29,30,34). The number of halogens is 1. The van der Waals surface area contributed by atoms with E-state index in [9.17, 15) is 14.4 Å². The van der Waals surface area contributed by atoms with E-state index in [1.807, 2.05) is 13.8 Å². The number of fused-ring (bicyclic) bond motifs is 1. The highest BCUT2D eigenvalue weighted by Gasteiger charge is 2.33. The first-order valence-electron chi connectivity index (χ1n) is 12.5. The lowest BCUT2D eigenvalue weighted by atomic mass is 9.88. The molecular formula is C27H32ClN5O4. The predicted molar refractivity (Wildman–Crippen MR) is 144 cm³/mol. The summed E-state index contributed by atoms with van der Waals surface area (Å²) >= 11 is 5.88. The maximum absolute atomic E-state index is 13.8. The fraction of sp³-hybridized carbons (Fsp3) is 0.407. The zero-order chi connectivity index (χ0) is 26.7. The molecule has 2 aromatic heterocycles. The van der Waals surface area contributed by atoms with Crippen LogP contribution in [-0.2, 0) is 4.79 Å². The van der Waals surface area contributed by atoms with E-state index in [-0.39, 0.29) is 35.1 Å². The van der Waals surface area contributed by atoms with Gasteiger partial charge in [-0.1, -0.05) is 36.9 Å². The van der Waals surface area contributed by atoms with Gasteiger partial charge in [-0.2, -0.15) is 0 Å². The Hall–Kier alpha value is -3.43. The molecule has 0 bridgehead atoms. The van der Waals surface area contributed by atoms with Gasteiger partial charge >= 0.3 is 0 Å². The molecule has 3 amide bonds. The number of nitrogens with zero attached hydrogens (tertiary/aromatic N) is 3.